The molecule has 0 aliphatic carbocycles. The number of carbonyl (C=O) groups excluding carboxylic acids is 7. The van der Waals surface area contributed by atoms with Crippen LogP contribution >= 0.6 is 0 Å². The average molecular weight is 1000 g/mol. The summed E-state index contributed by atoms with van der Waals surface area (Å²) in [5.41, 5.74) is 12.5. The van der Waals surface area contributed by atoms with Crippen molar-refractivity contribution in [3.8, 4) is 0 Å². The minimum Gasteiger partial charge on any atom is -0.480 e. The lowest BCUT2D eigenvalue weighted by Crippen LogP contribution is -2.60. The Kier molecular flexibility index (Phi) is 22.7. The molecule has 1 aromatic heterocycles. The molecule has 3 rings (SSSR count). The maximum atomic E-state index is 14.7. The van der Waals surface area contributed by atoms with Crippen LogP contribution in [0.4, 0.5) is 4.79 Å². The number of rotatable bonds is 26. The van der Waals surface area contributed by atoms with Gasteiger partial charge in [0.15, 0.2) is 5.96 Å². The molecule has 0 aliphatic rings. The van der Waals surface area contributed by atoms with E-state index in [0.717, 1.165) is 5.56 Å². The number of carboxylic acid groups (broad SMARTS) is 1. The van der Waals surface area contributed by atoms with E-state index < -0.39 is 101 Å². The maximum absolute atomic E-state index is 14.7. The van der Waals surface area contributed by atoms with Gasteiger partial charge in [-0.15, -0.1) is 0 Å². The average Bonchev–Trinajstić information content (AvgIpc) is 3.67. The Bertz CT molecular complexity index is 2360. The molecular formula is C51H77N11O10. The van der Waals surface area contributed by atoms with Crippen molar-refractivity contribution in [2.45, 2.75) is 156 Å². The molecule has 0 aliphatic heterocycles. The molecule has 1 heterocycles. The molecule has 6 amide bonds. The van der Waals surface area contributed by atoms with Gasteiger partial charge in [0.05, 0.1) is 11.6 Å². The number of carbonyl (C=O) groups is 8. The number of nitrogens with one attached hydrogen (secondary N) is 8. The number of amides is 6. The van der Waals surface area contributed by atoms with Crippen molar-refractivity contribution in [2.24, 2.45) is 29.2 Å². The topological polar surface area (TPSA) is 331 Å². The lowest BCUT2D eigenvalue weighted by Gasteiger charge is -2.29. The number of hydrogen-bond donors (Lipinski definition) is 11. The molecule has 396 valence electrons. The molecule has 0 saturated carbocycles. The van der Waals surface area contributed by atoms with Gasteiger partial charge in [-0.2, -0.15) is 0 Å². The van der Waals surface area contributed by atoms with Crippen molar-refractivity contribution in [2.75, 3.05) is 6.54 Å². The molecule has 0 spiro atoms. The minimum atomic E-state index is -1.43. The van der Waals surface area contributed by atoms with Crippen LogP contribution in [0.15, 0.2) is 60.8 Å². The summed E-state index contributed by atoms with van der Waals surface area (Å²) in [5, 5.41) is 36.4. The molecule has 21 heteroatoms. The predicted octanol–water partition coefficient (Wildman–Crippen LogP) is 2.56. The predicted molar refractivity (Wildman–Crippen MR) is 273 cm³/mol. The van der Waals surface area contributed by atoms with E-state index in [1.165, 1.54) is 17.7 Å². The number of hydrogen-bond acceptors (Lipinski definition) is 11. The fourth-order valence-electron chi connectivity index (χ4n) is 7.70. The normalized spacial score (nSPS) is 14.8. The second-order valence-electron chi connectivity index (χ2n) is 20.0. The van der Waals surface area contributed by atoms with Gasteiger partial charge in [0.2, 0.25) is 35.4 Å². The molecular weight excluding hydrogens is 927 g/mol. The standard InChI is InChI=1S/C51H77N11O10/c1-11-30(6)41(61-43(64)35(52)25-32-18-13-12-14-19-32)47(68)56-31(7)42(63)58-38(26-33-27-62(50(71)72-51(8,9)10)39-22-16-15-20-34(33)39)44(65)59-37(24-28(2)3)45(66)60-40(29(4)5)46(67)57-36(48(69)70)21-17-23-55-49(53)54/h12-16,18-20,22,27-31,35-38,40-41H,11,17,21,23-26,52H2,1-10H3,(H,56,68)(H,57,67)(H,58,63)(H,59,65)(H,60,66)(H,61,64)(H,69,70)(H4,53,54,55)/t30-,31-,35-,36-,37-,38-,40-,41-/m0/s1. The highest BCUT2D eigenvalue weighted by Gasteiger charge is 2.35. The summed E-state index contributed by atoms with van der Waals surface area (Å²) in [6, 6.07) is 7.51. The van der Waals surface area contributed by atoms with Crippen LogP contribution in [-0.4, -0.2) is 118 Å². The van der Waals surface area contributed by atoms with Gasteiger partial charge in [-0.25, -0.2) is 9.59 Å². The maximum Gasteiger partial charge on any atom is 0.419 e. The van der Waals surface area contributed by atoms with Crippen molar-refractivity contribution < 1.29 is 48.2 Å². The van der Waals surface area contributed by atoms with Gasteiger partial charge in [-0.05, 0) is 88.3 Å². The zero-order valence-corrected chi connectivity index (χ0v) is 43.2. The first-order chi connectivity index (χ1) is 33.7. The Morgan fingerprint density at radius 3 is 1.86 bits per heavy atom. The molecule has 3 aromatic rings. The first-order valence-electron chi connectivity index (χ1n) is 24.5. The van der Waals surface area contributed by atoms with Crippen molar-refractivity contribution in [3.05, 3.63) is 71.9 Å². The van der Waals surface area contributed by atoms with Gasteiger partial charge in [0.1, 0.15) is 41.9 Å². The van der Waals surface area contributed by atoms with E-state index in [4.69, 9.17) is 21.6 Å². The molecule has 21 nitrogen and oxygen atoms in total. The highest BCUT2D eigenvalue weighted by molar-refractivity contribution is 5.98. The first kappa shape index (κ1) is 59.3. The van der Waals surface area contributed by atoms with Crippen LogP contribution in [0.25, 0.3) is 10.9 Å². The van der Waals surface area contributed by atoms with Crippen molar-refractivity contribution >= 4 is 64.4 Å². The van der Waals surface area contributed by atoms with Gasteiger partial charge >= 0.3 is 12.1 Å². The molecule has 2 aromatic carbocycles. The Morgan fingerprint density at radius 2 is 1.28 bits per heavy atom. The molecule has 0 fully saturated rings. The summed E-state index contributed by atoms with van der Waals surface area (Å²) < 4.78 is 6.97. The monoisotopic (exact) mass is 1000 g/mol. The van der Waals surface area contributed by atoms with E-state index >= 15 is 0 Å². The zero-order valence-electron chi connectivity index (χ0n) is 43.2. The number of ether oxygens (including phenoxy) is 1. The highest BCUT2D eigenvalue weighted by Crippen LogP contribution is 2.25. The van der Waals surface area contributed by atoms with Gasteiger partial charge in [0, 0.05) is 24.5 Å². The van der Waals surface area contributed by atoms with E-state index in [0.29, 0.717) is 22.9 Å². The van der Waals surface area contributed by atoms with Crippen molar-refractivity contribution in [1.82, 2.24) is 41.8 Å². The van der Waals surface area contributed by atoms with Crippen LogP contribution < -0.4 is 48.7 Å². The second-order valence-corrected chi connectivity index (χ2v) is 20.0. The van der Waals surface area contributed by atoms with Gasteiger partial charge in [-0.3, -0.25) is 38.7 Å². The van der Waals surface area contributed by atoms with Gasteiger partial charge in [-0.1, -0.05) is 96.5 Å². The van der Waals surface area contributed by atoms with Crippen LogP contribution in [0, 0.1) is 23.2 Å². The number of para-hydroxylation sites is 1. The van der Waals surface area contributed by atoms with E-state index in [2.05, 4.69) is 37.2 Å². The highest BCUT2D eigenvalue weighted by atomic mass is 16.6. The Hall–Kier alpha value is -7.03. The largest absolute Gasteiger partial charge is 0.480 e. The van der Waals surface area contributed by atoms with Gasteiger partial charge < -0.3 is 58.5 Å². The zero-order chi connectivity index (χ0) is 54.0. The van der Waals surface area contributed by atoms with Crippen LogP contribution in [0.2, 0.25) is 0 Å². The van der Waals surface area contributed by atoms with Crippen LogP contribution in [0.3, 0.4) is 0 Å². The Balaban J connectivity index is 1.96. The van der Waals surface area contributed by atoms with Crippen molar-refractivity contribution in [1.29, 1.82) is 5.41 Å². The third kappa shape index (κ3) is 18.6. The summed E-state index contributed by atoms with van der Waals surface area (Å²) in [6.07, 6.45) is 1.65. The third-order valence-electron chi connectivity index (χ3n) is 11.8. The lowest BCUT2D eigenvalue weighted by molar-refractivity contribution is -0.143. The Labute approximate surface area is 422 Å². The number of nitrogens with two attached hydrogens (primary N) is 2. The van der Waals surface area contributed by atoms with Crippen molar-refractivity contribution in [3.63, 3.8) is 0 Å². The fraction of sp³-hybridized carbons (Fsp3) is 0.549. The number of fused-ring (bicyclic) bond motifs is 1. The molecule has 8 atom stereocenters. The molecule has 0 saturated heterocycles. The molecule has 0 unspecified atom stereocenters. The summed E-state index contributed by atoms with van der Waals surface area (Å²) >= 11 is 0. The number of aliphatic carboxylic acids is 1. The molecule has 72 heavy (non-hydrogen) atoms. The lowest BCUT2D eigenvalue weighted by atomic mass is 9.97. The smallest absolute Gasteiger partial charge is 0.419 e. The summed E-state index contributed by atoms with van der Waals surface area (Å²) in [7, 11) is 0. The number of guanidine groups is 1. The first-order valence-corrected chi connectivity index (χ1v) is 24.5. The second kappa shape index (κ2) is 27.5. The quantitative estimate of drug-likeness (QED) is 0.0313. The summed E-state index contributed by atoms with van der Waals surface area (Å²) in [6.45, 7) is 17.3. The van der Waals surface area contributed by atoms with E-state index in [1.807, 2.05) is 51.1 Å². The van der Waals surface area contributed by atoms with E-state index in [-0.39, 0.29) is 56.4 Å². The summed E-state index contributed by atoms with van der Waals surface area (Å²) in [4.78, 5) is 109. The number of aromatic nitrogens is 1. The molecule has 13 N–H and O–H groups in total. The van der Waals surface area contributed by atoms with Crippen LogP contribution in [-0.2, 0) is 51.1 Å². The Morgan fingerprint density at radius 1 is 0.708 bits per heavy atom. The van der Waals surface area contributed by atoms with E-state index in [1.54, 1.807) is 65.8 Å². The number of benzene rings is 2. The van der Waals surface area contributed by atoms with E-state index in [9.17, 15) is 43.5 Å². The van der Waals surface area contributed by atoms with Gasteiger partial charge in [0.25, 0.3) is 0 Å². The molecule has 0 radical (unpaired) electrons. The summed E-state index contributed by atoms with van der Waals surface area (Å²) in [5.74, 6) is -7.04. The SMILES string of the molecule is CC[C@H](C)[C@H](NC(=O)[C@@H](N)Cc1ccccc1)C(=O)N[C@@H](C)C(=O)N[C@@H](Cc1cn(C(=O)OC(C)(C)C)c2ccccc12)C(=O)N[C@@H](CC(C)C)C(=O)N[C@H](C(=O)N[C@@H](CCCNC(=N)N)C(=O)O)C(C)C. The minimum absolute atomic E-state index is 0.00308. The van der Waals surface area contributed by atoms with Crippen LogP contribution in [0.1, 0.15) is 106 Å². The third-order valence-corrected chi connectivity index (χ3v) is 11.8. The molecule has 0 bridgehead atoms. The number of carboxylic acids is 1. The van der Waals surface area contributed by atoms with Crippen LogP contribution in [0.5, 0.6) is 0 Å². The number of nitrogens with zero attached hydrogens (tertiary/aromatic N) is 1. The fourth-order valence-corrected chi connectivity index (χ4v) is 7.70.